The molecule has 1 saturated heterocycles. The Labute approximate surface area is 100 Å². The molecular formula is C10H18N6O. The third kappa shape index (κ3) is 3.02. The fourth-order valence-electron chi connectivity index (χ4n) is 1.91. The predicted octanol–water partition coefficient (Wildman–Crippen LogP) is -1.12. The summed E-state index contributed by atoms with van der Waals surface area (Å²) in [7, 11) is 0. The summed E-state index contributed by atoms with van der Waals surface area (Å²) >= 11 is 0. The van der Waals surface area contributed by atoms with Gasteiger partial charge in [0, 0.05) is 32.7 Å². The summed E-state index contributed by atoms with van der Waals surface area (Å²) in [5.41, 5.74) is 2.45. The van der Waals surface area contributed by atoms with Gasteiger partial charge in [-0.2, -0.15) is 0 Å². The second kappa shape index (κ2) is 5.76. The summed E-state index contributed by atoms with van der Waals surface area (Å²) in [4.78, 5) is 4.42. The quantitative estimate of drug-likeness (QED) is 0.452. The summed E-state index contributed by atoms with van der Waals surface area (Å²) in [6.07, 6.45) is 0. The van der Waals surface area contributed by atoms with Gasteiger partial charge in [0.1, 0.15) is 0 Å². The lowest BCUT2D eigenvalue weighted by atomic mass is 10.3. The number of aromatic nitrogens is 2. The normalized spacial score (nSPS) is 17.2. The van der Waals surface area contributed by atoms with Crippen LogP contribution in [-0.2, 0) is 0 Å². The van der Waals surface area contributed by atoms with E-state index in [9.17, 15) is 0 Å². The molecule has 17 heavy (non-hydrogen) atoms. The summed E-state index contributed by atoms with van der Waals surface area (Å²) in [5, 5.41) is 16.9. The molecule has 2 rings (SSSR count). The minimum Gasteiger partial charge on any atom is -0.395 e. The molecule has 0 aromatic carbocycles. The number of hydrogen-bond donors (Lipinski definition) is 3. The summed E-state index contributed by atoms with van der Waals surface area (Å²) in [6, 6.07) is 3.71. The molecule has 0 bridgehead atoms. The van der Waals surface area contributed by atoms with Crippen molar-refractivity contribution in [3.05, 3.63) is 12.1 Å². The van der Waals surface area contributed by atoms with E-state index in [0.717, 1.165) is 38.5 Å². The monoisotopic (exact) mass is 238 g/mol. The van der Waals surface area contributed by atoms with Crippen LogP contribution in [0.15, 0.2) is 12.1 Å². The number of nitrogen functional groups attached to an aromatic ring is 1. The molecule has 0 atom stereocenters. The van der Waals surface area contributed by atoms with Crippen LogP contribution in [0.5, 0.6) is 0 Å². The van der Waals surface area contributed by atoms with E-state index in [1.54, 1.807) is 0 Å². The van der Waals surface area contributed by atoms with E-state index in [1.165, 1.54) is 0 Å². The van der Waals surface area contributed by atoms with Crippen molar-refractivity contribution in [3.63, 3.8) is 0 Å². The minimum atomic E-state index is 0.219. The second-order valence-corrected chi connectivity index (χ2v) is 3.97. The third-order valence-electron chi connectivity index (χ3n) is 2.91. The minimum absolute atomic E-state index is 0.219. The molecule has 0 aliphatic carbocycles. The maximum absolute atomic E-state index is 8.86. The average molecular weight is 238 g/mol. The first kappa shape index (κ1) is 12.0. The molecular weight excluding hydrogens is 220 g/mol. The van der Waals surface area contributed by atoms with Crippen LogP contribution in [0.4, 0.5) is 11.6 Å². The van der Waals surface area contributed by atoms with Crippen LogP contribution >= 0.6 is 0 Å². The molecule has 4 N–H and O–H groups in total. The fourth-order valence-corrected chi connectivity index (χ4v) is 1.91. The summed E-state index contributed by atoms with van der Waals surface area (Å²) < 4.78 is 0. The zero-order chi connectivity index (χ0) is 12.1. The smallest absolute Gasteiger partial charge is 0.162 e. The van der Waals surface area contributed by atoms with E-state index in [4.69, 9.17) is 10.9 Å². The molecule has 7 heteroatoms. The van der Waals surface area contributed by atoms with Crippen LogP contribution in [0.3, 0.4) is 0 Å². The topological polar surface area (TPSA) is 90.5 Å². The van der Waals surface area contributed by atoms with Crippen molar-refractivity contribution in [2.45, 2.75) is 0 Å². The Morgan fingerprint density at radius 3 is 2.53 bits per heavy atom. The zero-order valence-electron chi connectivity index (χ0n) is 9.71. The Kier molecular flexibility index (Phi) is 4.08. The highest BCUT2D eigenvalue weighted by Crippen LogP contribution is 2.13. The first-order valence-electron chi connectivity index (χ1n) is 5.72. The summed E-state index contributed by atoms with van der Waals surface area (Å²) in [6.45, 7) is 4.67. The third-order valence-corrected chi connectivity index (χ3v) is 2.91. The average Bonchev–Trinajstić information content (AvgIpc) is 2.40. The van der Waals surface area contributed by atoms with E-state index in [0.29, 0.717) is 5.82 Å². The molecule has 2 heterocycles. The maximum atomic E-state index is 8.86. The number of β-amino-alcohol motifs (C(OH)–C–C–N with tert-alkyl or cyclic N) is 1. The van der Waals surface area contributed by atoms with Gasteiger partial charge in [-0.3, -0.25) is 4.90 Å². The van der Waals surface area contributed by atoms with Crippen LogP contribution in [0.25, 0.3) is 0 Å². The molecule has 1 aromatic heterocycles. The van der Waals surface area contributed by atoms with E-state index < -0.39 is 0 Å². The van der Waals surface area contributed by atoms with Crippen LogP contribution in [0, 0.1) is 0 Å². The van der Waals surface area contributed by atoms with Crippen molar-refractivity contribution in [3.8, 4) is 0 Å². The fraction of sp³-hybridized carbons (Fsp3) is 0.600. The number of nitrogens with one attached hydrogen (secondary N) is 1. The predicted molar refractivity (Wildman–Crippen MR) is 65.6 cm³/mol. The van der Waals surface area contributed by atoms with Gasteiger partial charge in [-0.1, -0.05) is 0 Å². The number of hydrogen-bond acceptors (Lipinski definition) is 7. The molecule has 0 spiro atoms. The van der Waals surface area contributed by atoms with Gasteiger partial charge in [0.15, 0.2) is 11.6 Å². The number of aliphatic hydroxyl groups is 1. The molecule has 94 valence electrons. The number of nitrogens with two attached hydrogens (primary N) is 1. The van der Waals surface area contributed by atoms with Crippen molar-refractivity contribution in [1.29, 1.82) is 0 Å². The van der Waals surface area contributed by atoms with E-state index >= 15 is 0 Å². The largest absolute Gasteiger partial charge is 0.395 e. The highest BCUT2D eigenvalue weighted by Gasteiger charge is 2.17. The molecule has 1 fully saturated rings. The number of rotatable bonds is 4. The molecule has 1 aliphatic heterocycles. The van der Waals surface area contributed by atoms with Crippen molar-refractivity contribution in [2.24, 2.45) is 5.84 Å². The Hall–Kier alpha value is -1.44. The van der Waals surface area contributed by atoms with E-state index in [-0.39, 0.29) is 6.61 Å². The number of aliphatic hydroxyl groups excluding tert-OH is 1. The maximum Gasteiger partial charge on any atom is 0.162 e. The van der Waals surface area contributed by atoms with Gasteiger partial charge in [-0.15, -0.1) is 10.2 Å². The van der Waals surface area contributed by atoms with Crippen molar-refractivity contribution in [2.75, 3.05) is 49.7 Å². The number of anilines is 2. The Balaban J connectivity index is 1.91. The first-order chi connectivity index (χ1) is 8.33. The number of piperazine rings is 1. The lowest BCUT2D eigenvalue weighted by molar-refractivity contribution is 0.188. The molecule has 7 nitrogen and oxygen atoms in total. The first-order valence-corrected chi connectivity index (χ1v) is 5.72. The Morgan fingerprint density at radius 1 is 1.24 bits per heavy atom. The lowest BCUT2D eigenvalue weighted by Gasteiger charge is -2.34. The number of hydrazine groups is 1. The van der Waals surface area contributed by atoms with Gasteiger partial charge in [0.2, 0.25) is 0 Å². The van der Waals surface area contributed by atoms with Gasteiger partial charge < -0.3 is 15.4 Å². The molecule has 0 radical (unpaired) electrons. The van der Waals surface area contributed by atoms with Gasteiger partial charge >= 0.3 is 0 Å². The molecule has 1 aliphatic rings. The molecule has 0 unspecified atom stereocenters. The van der Waals surface area contributed by atoms with Crippen molar-refractivity contribution >= 4 is 11.6 Å². The molecule has 1 aromatic rings. The highest BCUT2D eigenvalue weighted by atomic mass is 16.3. The van der Waals surface area contributed by atoms with Gasteiger partial charge in [-0.05, 0) is 12.1 Å². The van der Waals surface area contributed by atoms with E-state index in [2.05, 4.69) is 25.4 Å². The van der Waals surface area contributed by atoms with Crippen LogP contribution in [0.1, 0.15) is 0 Å². The molecule has 0 amide bonds. The summed E-state index contributed by atoms with van der Waals surface area (Å²) in [5.74, 6) is 6.66. The number of nitrogens with zero attached hydrogens (tertiary/aromatic N) is 4. The lowest BCUT2D eigenvalue weighted by Crippen LogP contribution is -2.47. The van der Waals surface area contributed by atoms with Crippen LogP contribution in [0.2, 0.25) is 0 Å². The van der Waals surface area contributed by atoms with Crippen molar-refractivity contribution in [1.82, 2.24) is 15.1 Å². The van der Waals surface area contributed by atoms with Gasteiger partial charge in [0.05, 0.1) is 6.61 Å². The van der Waals surface area contributed by atoms with E-state index in [1.807, 2.05) is 12.1 Å². The highest BCUT2D eigenvalue weighted by molar-refractivity contribution is 5.43. The zero-order valence-corrected chi connectivity index (χ0v) is 9.71. The SMILES string of the molecule is NNc1ccc(N2CCN(CCO)CC2)nn1. The second-order valence-electron chi connectivity index (χ2n) is 3.97. The van der Waals surface area contributed by atoms with Gasteiger partial charge in [-0.25, -0.2) is 5.84 Å². The Bertz CT molecular complexity index is 335. The standard InChI is InChI=1S/C10H18N6O/c11-12-9-1-2-10(14-13-9)16-5-3-15(4-6-16)7-8-17/h1-2,17H,3-8,11H2,(H,12,13). The van der Waals surface area contributed by atoms with Crippen LogP contribution < -0.4 is 16.2 Å². The molecule has 0 saturated carbocycles. The van der Waals surface area contributed by atoms with Crippen LogP contribution in [-0.4, -0.2) is 59.5 Å². The van der Waals surface area contributed by atoms with Crippen molar-refractivity contribution < 1.29 is 5.11 Å². The van der Waals surface area contributed by atoms with Gasteiger partial charge in [0.25, 0.3) is 0 Å². The Morgan fingerprint density at radius 2 is 2.00 bits per heavy atom.